The van der Waals surface area contributed by atoms with Crippen molar-refractivity contribution in [2.24, 2.45) is 0 Å². The van der Waals surface area contributed by atoms with Crippen molar-refractivity contribution in [2.75, 3.05) is 13.2 Å². The Hall–Kier alpha value is -2.63. The maximum absolute atomic E-state index is 12.8. The lowest BCUT2D eigenvalue weighted by Crippen LogP contribution is -2.30. The molecular formula is C53H94O6. The first-order valence-electron chi connectivity index (χ1n) is 25.1. The maximum Gasteiger partial charge on any atom is 0.306 e. The molecule has 0 bridgehead atoms. The summed E-state index contributed by atoms with van der Waals surface area (Å²) in [6.45, 7) is 6.50. The number of hydrogen-bond acceptors (Lipinski definition) is 6. The minimum Gasteiger partial charge on any atom is -0.462 e. The highest BCUT2D eigenvalue weighted by Crippen LogP contribution is 2.14. The predicted molar refractivity (Wildman–Crippen MR) is 252 cm³/mol. The van der Waals surface area contributed by atoms with Crippen molar-refractivity contribution < 1.29 is 28.6 Å². The van der Waals surface area contributed by atoms with Crippen molar-refractivity contribution in [3.8, 4) is 0 Å². The lowest BCUT2D eigenvalue weighted by Gasteiger charge is -2.18. The molecule has 1 atom stereocenters. The second kappa shape index (κ2) is 48.0. The maximum atomic E-state index is 12.8. The summed E-state index contributed by atoms with van der Waals surface area (Å²) in [6.07, 6.45) is 56.6. The van der Waals surface area contributed by atoms with Crippen molar-refractivity contribution in [1.82, 2.24) is 0 Å². The van der Waals surface area contributed by atoms with Crippen LogP contribution in [0.25, 0.3) is 0 Å². The van der Waals surface area contributed by atoms with E-state index in [4.69, 9.17) is 14.2 Å². The summed E-state index contributed by atoms with van der Waals surface area (Å²) >= 11 is 0. The van der Waals surface area contributed by atoms with E-state index in [1.54, 1.807) is 0 Å². The molecule has 0 amide bonds. The second-order valence-electron chi connectivity index (χ2n) is 16.7. The van der Waals surface area contributed by atoms with Crippen molar-refractivity contribution >= 4 is 17.9 Å². The van der Waals surface area contributed by atoms with Crippen LogP contribution in [0.5, 0.6) is 0 Å². The van der Waals surface area contributed by atoms with Gasteiger partial charge < -0.3 is 14.2 Å². The quantitative estimate of drug-likeness (QED) is 0.0263. The van der Waals surface area contributed by atoms with Gasteiger partial charge in [0.1, 0.15) is 13.2 Å². The van der Waals surface area contributed by atoms with Crippen LogP contribution in [0.2, 0.25) is 0 Å². The number of unbranched alkanes of at least 4 members (excludes halogenated alkanes) is 26. The Kier molecular flexibility index (Phi) is 45.9. The summed E-state index contributed by atoms with van der Waals surface area (Å²) in [5.41, 5.74) is 0. The average molecular weight is 827 g/mol. The van der Waals surface area contributed by atoms with E-state index in [-0.39, 0.29) is 31.1 Å². The van der Waals surface area contributed by atoms with Crippen LogP contribution in [-0.4, -0.2) is 37.2 Å². The Morgan fingerprint density at radius 3 is 1.05 bits per heavy atom. The van der Waals surface area contributed by atoms with Gasteiger partial charge in [-0.15, -0.1) is 0 Å². The molecule has 0 heterocycles. The minimum absolute atomic E-state index is 0.0810. The molecule has 0 aromatic carbocycles. The summed E-state index contributed by atoms with van der Waals surface area (Å²) < 4.78 is 16.7. The van der Waals surface area contributed by atoms with Crippen molar-refractivity contribution in [1.29, 1.82) is 0 Å². The predicted octanol–water partition coefficient (Wildman–Crippen LogP) is 16.3. The van der Waals surface area contributed by atoms with Crippen LogP contribution >= 0.6 is 0 Å². The van der Waals surface area contributed by atoms with Gasteiger partial charge in [0.15, 0.2) is 6.10 Å². The molecule has 0 aliphatic rings. The van der Waals surface area contributed by atoms with E-state index >= 15 is 0 Å². The van der Waals surface area contributed by atoms with Crippen LogP contribution in [-0.2, 0) is 28.6 Å². The molecule has 1 unspecified atom stereocenters. The number of carbonyl (C=O) groups excluding carboxylic acids is 3. The molecule has 0 spiro atoms. The zero-order valence-corrected chi connectivity index (χ0v) is 39.0. The third-order valence-corrected chi connectivity index (χ3v) is 10.8. The zero-order chi connectivity index (χ0) is 43.0. The van der Waals surface area contributed by atoms with Crippen molar-refractivity contribution in [3.05, 3.63) is 48.6 Å². The summed E-state index contributed by atoms with van der Waals surface area (Å²) in [5.74, 6) is -0.903. The van der Waals surface area contributed by atoms with Gasteiger partial charge in [-0.05, 0) is 77.0 Å². The molecule has 0 aliphatic carbocycles. The number of ether oxygens (including phenoxy) is 3. The largest absolute Gasteiger partial charge is 0.462 e. The molecule has 0 fully saturated rings. The molecule has 0 aliphatic heterocycles. The number of carbonyl (C=O) groups is 3. The van der Waals surface area contributed by atoms with Crippen LogP contribution in [0.15, 0.2) is 48.6 Å². The molecule has 342 valence electrons. The van der Waals surface area contributed by atoms with E-state index in [0.717, 1.165) is 103 Å². The van der Waals surface area contributed by atoms with Gasteiger partial charge in [-0.25, -0.2) is 0 Å². The Morgan fingerprint density at radius 1 is 0.356 bits per heavy atom. The average Bonchev–Trinajstić information content (AvgIpc) is 3.23. The number of hydrogen-bond donors (Lipinski definition) is 0. The molecule has 0 saturated heterocycles. The molecule has 6 heteroatoms. The third-order valence-electron chi connectivity index (χ3n) is 10.8. The molecule has 0 saturated carbocycles. The standard InChI is InChI=1S/C53H94O6/c1-4-7-10-13-16-19-22-24-26-28-29-31-34-37-40-43-46-52(55)58-49-50(48-57-51(54)45-42-39-36-33-21-18-15-12-9-6-3)59-53(56)47-44-41-38-35-32-30-27-25-23-20-17-14-11-8-5-2/h8,11,17,20,25-28,50H,4-7,9-10,12-16,18-19,21-24,29-49H2,1-3H3/b11-8-,20-17-,27-25-,28-26-. The molecule has 0 radical (unpaired) electrons. The fraction of sp³-hybridized carbons (Fsp3) is 0.792. The number of allylic oxidation sites excluding steroid dienone is 8. The van der Waals surface area contributed by atoms with Gasteiger partial charge in [-0.3, -0.25) is 14.4 Å². The summed E-state index contributed by atoms with van der Waals surface area (Å²) in [6, 6.07) is 0. The fourth-order valence-corrected chi connectivity index (χ4v) is 7.04. The van der Waals surface area contributed by atoms with E-state index in [0.29, 0.717) is 19.3 Å². The van der Waals surface area contributed by atoms with E-state index in [9.17, 15) is 14.4 Å². The molecule has 0 N–H and O–H groups in total. The van der Waals surface area contributed by atoms with Crippen LogP contribution in [0.1, 0.15) is 252 Å². The Bertz CT molecular complexity index is 1040. The van der Waals surface area contributed by atoms with Crippen molar-refractivity contribution in [2.45, 2.75) is 258 Å². The monoisotopic (exact) mass is 827 g/mol. The van der Waals surface area contributed by atoms with Gasteiger partial charge in [0.25, 0.3) is 0 Å². The van der Waals surface area contributed by atoms with Gasteiger partial charge in [-0.2, -0.15) is 0 Å². The van der Waals surface area contributed by atoms with Gasteiger partial charge >= 0.3 is 17.9 Å². The molecule has 6 nitrogen and oxygen atoms in total. The number of rotatable bonds is 45. The fourth-order valence-electron chi connectivity index (χ4n) is 7.04. The van der Waals surface area contributed by atoms with Gasteiger partial charge in [-0.1, -0.05) is 204 Å². The minimum atomic E-state index is -0.781. The van der Waals surface area contributed by atoms with Crippen molar-refractivity contribution in [3.63, 3.8) is 0 Å². The lowest BCUT2D eigenvalue weighted by molar-refractivity contribution is -0.167. The van der Waals surface area contributed by atoms with Gasteiger partial charge in [0, 0.05) is 19.3 Å². The zero-order valence-electron chi connectivity index (χ0n) is 39.0. The normalized spacial score (nSPS) is 12.4. The van der Waals surface area contributed by atoms with Gasteiger partial charge in [0.05, 0.1) is 0 Å². The first-order chi connectivity index (χ1) is 29.0. The smallest absolute Gasteiger partial charge is 0.306 e. The topological polar surface area (TPSA) is 78.9 Å². The first kappa shape index (κ1) is 56.4. The van der Waals surface area contributed by atoms with E-state index in [1.165, 1.54) is 109 Å². The van der Waals surface area contributed by atoms with Crippen LogP contribution in [0.3, 0.4) is 0 Å². The molecule has 59 heavy (non-hydrogen) atoms. The second-order valence-corrected chi connectivity index (χ2v) is 16.7. The first-order valence-corrected chi connectivity index (χ1v) is 25.1. The number of esters is 3. The van der Waals surface area contributed by atoms with E-state index in [2.05, 4.69) is 69.4 Å². The molecular weight excluding hydrogens is 733 g/mol. The SMILES string of the molecule is CC/C=C\C/C=C\C/C=C\CCCCCCCC(=O)OC(COC(=O)CCCCCCC/C=C\CCCCCCCCC)COC(=O)CCCCCCCCCCCC. The molecule has 0 aromatic heterocycles. The highest BCUT2D eigenvalue weighted by Gasteiger charge is 2.19. The third kappa shape index (κ3) is 46.3. The Morgan fingerprint density at radius 2 is 0.661 bits per heavy atom. The highest BCUT2D eigenvalue weighted by atomic mass is 16.6. The lowest BCUT2D eigenvalue weighted by atomic mass is 10.1. The summed E-state index contributed by atoms with van der Waals surface area (Å²) in [5, 5.41) is 0. The van der Waals surface area contributed by atoms with Crippen LogP contribution in [0.4, 0.5) is 0 Å². The van der Waals surface area contributed by atoms with Gasteiger partial charge in [0.2, 0.25) is 0 Å². The Balaban J connectivity index is 4.38. The van der Waals surface area contributed by atoms with E-state index in [1.807, 2.05) is 0 Å². The van der Waals surface area contributed by atoms with Crippen LogP contribution in [0, 0.1) is 0 Å². The Labute approximate surface area is 365 Å². The molecule has 0 rings (SSSR count). The molecule has 0 aromatic rings. The summed E-state index contributed by atoms with van der Waals surface area (Å²) in [4.78, 5) is 37.9. The van der Waals surface area contributed by atoms with Crippen LogP contribution < -0.4 is 0 Å². The summed E-state index contributed by atoms with van der Waals surface area (Å²) in [7, 11) is 0. The van der Waals surface area contributed by atoms with E-state index < -0.39 is 6.10 Å². The highest BCUT2D eigenvalue weighted by molar-refractivity contribution is 5.71.